The van der Waals surface area contributed by atoms with Crippen molar-refractivity contribution < 1.29 is 33.7 Å². The third-order valence-electron chi connectivity index (χ3n) is 4.81. The topological polar surface area (TPSA) is 123 Å². The molecule has 3 N–H and O–H groups in total. The molecule has 0 bridgehead atoms. The Morgan fingerprint density at radius 3 is 2.41 bits per heavy atom. The van der Waals surface area contributed by atoms with E-state index in [0.29, 0.717) is 53.5 Å². The van der Waals surface area contributed by atoms with Crippen LogP contribution in [0.4, 0.5) is 10.5 Å². The molecule has 0 unspecified atom stereocenters. The molecule has 0 fully saturated rings. The zero-order valence-electron chi connectivity index (χ0n) is 17.8. The molecule has 1 aliphatic rings. The van der Waals surface area contributed by atoms with Crippen LogP contribution in [0.15, 0.2) is 36.4 Å². The van der Waals surface area contributed by atoms with Gasteiger partial charge in [0.25, 0.3) is 5.91 Å². The molecule has 2 aromatic carbocycles. The molecule has 0 atom stereocenters. The van der Waals surface area contributed by atoms with E-state index in [1.807, 2.05) is 0 Å². The number of unbranched alkanes of at least 4 members (excludes halogenated alkanes) is 1. The van der Waals surface area contributed by atoms with Crippen molar-refractivity contribution in [2.75, 3.05) is 26.1 Å². The lowest BCUT2D eigenvalue weighted by atomic mass is 10.0. The Morgan fingerprint density at radius 1 is 1.06 bits per heavy atom. The van der Waals surface area contributed by atoms with E-state index in [0.717, 1.165) is 5.56 Å². The van der Waals surface area contributed by atoms with Crippen LogP contribution in [-0.2, 0) is 9.59 Å². The van der Waals surface area contributed by atoms with Crippen LogP contribution in [0.1, 0.15) is 30.4 Å². The van der Waals surface area contributed by atoms with Crippen LogP contribution in [-0.4, -0.2) is 43.8 Å². The number of fused-ring (bicyclic) bond motifs is 1. The SMILES string of the molecule is COc1cc2c(cc1OC)/C(=C/c1ccc(OC(=O)CCCCNC(=O)O)cc1)C(=O)N2. The second-order valence-corrected chi connectivity index (χ2v) is 7.00. The fourth-order valence-electron chi connectivity index (χ4n) is 3.23. The standard InChI is InChI=1S/C23H24N2O7/c1-30-19-12-16-17(22(27)25-18(16)13-20(19)31-2)11-14-6-8-15(9-7-14)32-21(26)5-3-4-10-24-23(28)29/h6-9,11-13,24H,3-5,10H2,1-2H3,(H,25,27)(H,28,29)/b17-11-. The third-order valence-corrected chi connectivity index (χ3v) is 4.81. The number of nitrogens with one attached hydrogen (secondary N) is 2. The number of hydrogen-bond acceptors (Lipinski definition) is 6. The van der Waals surface area contributed by atoms with Gasteiger partial charge in [0.2, 0.25) is 0 Å². The fourth-order valence-corrected chi connectivity index (χ4v) is 3.23. The van der Waals surface area contributed by atoms with Gasteiger partial charge in [-0.25, -0.2) is 4.79 Å². The number of amides is 2. The Labute approximate surface area is 185 Å². The summed E-state index contributed by atoms with van der Waals surface area (Å²) in [5.41, 5.74) is 2.60. The quantitative estimate of drug-likeness (QED) is 0.236. The number of esters is 1. The van der Waals surface area contributed by atoms with Crippen molar-refractivity contribution >= 4 is 35.3 Å². The van der Waals surface area contributed by atoms with Crippen molar-refractivity contribution in [2.45, 2.75) is 19.3 Å². The van der Waals surface area contributed by atoms with Gasteiger partial charge in [0.05, 0.1) is 19.9 Å². The molecular formula is C23H24N2O7. The van der Waals surface area contributed by atoms with Crippen molar-refractivity contribution in [1.29, 1.82) is 0 Å². The van der Waals surface area contributed by atoms with E-state index in [-0.39, 0.29) is 12.3 Å². The Morgan fingerprint density at radius 2 is 1.75 bits per heavy atom. The number of rotatable bonds is 9. The Balaban J connectivity index is 1.64. The normalized spacial score (nSPS) is 13.3. The van der Waals surface area contributed by atoms with Gasteiger partial charge in [-0.1, -0.05) is 12.1 Å². The van der Waals surface area contributed by atoms with Gasteiger partial charge in [0.1, 0.15) is 5.75 Å². The molecule has 3 rings (SSSR count). The minimum Gasteiger partial charge on any atom is -0.493 e. The van der Waals surface area contributed by atoms with Gasteiger partial charge in [-0.05, 0) is 42.7 Å². The summed E-state index contributed by atoms with van der Waals surface area (Å²) in [4.78, 5) is 34.8. The second-order valence-electron chi connectivity index (χ2n) is 7.00. The molecule has 32 heavy (non-hydrogen) atoms. The summed E-state index contributed by atoms with van der Waals surface area (Å²) in [6.07, 6.45) is 1.92. The number of carbonyl (C=O) groups is 3. The molecule has 0 aliphatic carbocycles. The van der Waals surface area contributed by atoms with E-state index in [4.69, 9.17) is 19.3 Å². The molecule has 2 aromatic rings. The summed E-state index contributed by atoms with van der Waals surface area (Å²) >= 11 is 0. The van der Waals surface area contributed by atoms with Crippen LogP contribution in [0, 0.1) is 0 Å². The summed E-state index contributed by atoms with van der Waals surface area (Å²) in [5.74, 6) is 0.815. The highest BCUT2D eigenvalue weighted by molar-refractivity contribution is 6.35. The summed E-state index contributed by atoms with van der Waals surface area (Å²) in [6.45, 7) is 0.293. The number of anilines is 1. The first kappa shape index (κ1) is 22.7. The van der Waals surface area contributed by atoms with Gasteiger partial charge in [-0.15, -0.1) is 0 Å². The molecule has 0 radical (unpaired) electrons. The van der Waals surface area contributed by atoms with Gasteiger partial charge < -0.3 is 30.0 Å². The molecule has 0 spiro atoms. The van der Waals surface area contributed by atoms with Crippen LogP contribution >= 0.6 is 0 Å². The van der Waals surface area contributed by atoms with E-state index in [1.165, 1.54) is 14.2 Å². The maximum absolute atomic E-state index is 12.5. The van der Waals surface area contributed by atoms with Crippen LogP contribution < -0.4 is 24.8 Å². The average molecular weight is 440 g/mol. The Hall–Kier alpha value is -4.01. The minimum atomic E-state index is -1.08. The predicted molar refractivity (Wildman–Crippen MR) is 118 cm³/mol. The maximum Gasteiger partial charge on any atom is 0.404 e. The zero-order valence-corrected chi connectivity index (χ0v) is 17.8. The Bertz CT molecular complexity index is 1050. The maximum atomic E-state index is 12.5. The minimum absolute atomic E-state index is 0.190. The molecule has 0 saturated heterocycles. The first-order valence-corrected chi connectivity index (χ1v) is 9.98. The van der Waals surface area contributed by atoms with E-state index in [9.17, 15) is 14.4 Å². The molecule has 168 valence electrons. The number of hydrogen-bond donors (Lipinski definition) is 3. The van der Waals surface area contributed by atoms with Crippen molar-refractivity contribution in [1.82, 2.24) is 5.32 Å². The summed E-state index contributed by atoms with van der Waals surface area (Å²) in [6, 6.07) is 10.3. The van der Waals surface area contributed by atoms with Gasteiger partial charge in [-0.3, -0.25) is 9.59 Å². The molecule has 9 nitrogen and oxygen atoms in total. The highest BCUT2D eigenvalue weighted by atomic mass is 16.5. The van der Waals surface area contributed by atoms with Gasteiger partial charge in [0, 0.05) is 30.2 Å². The molecule has 1 heterocycles. The predicted octanol–water partition coefficient (Wildman–Crippen LogP) is 3.54. The smallest absolute Gasteiger partial charge is 0.404 e. The van der Waals surface area contributed by atoms with Crippen molar-refractivity contribution in [3.05, 3.63) is 47.5 Å². The molecular weight excluding hydrogens is 416 g/mol. The first-order chi connectivity index (χ1) is 15.4. The van der Waals surface area contributed by atoms with E-state index >= 15 is 0 Å². The van der Waals surface area contributed by atoms with Crippen LogP contribution in [0.5, 0.6) is 17.2 Å². The van der Waals surface area contributed by atoms with Crippen molar-refractivity contribution in [3.63, 3.8) is 0 Å². The van der Waals surface area contributed by atoms with E-state index in [1.54, 1.807) is 42.5 Å². The lowest BCUT2D eigenvalue weighted by Gasteiger charge is -2.09. The van der Waals surface area contributed by atoms with Gasteiger partial charge >= 0.3 is 12.1 Å². The summed E-state index contributed by atoms with van der Waals surface area (Å²) < 4.78 is 15.9. The lowest BCUT2D eigenvalue weighted by molar-refractivity contribution is -0.134. The molecule has 2 amide bonds. The fraction of sp³-hybridized carbons (Fsp3) is 0.261. The third kappa shape index (κ3) is 5.57. The monoisotopic (exact) mass is 440 g/mol. The number of ether oxygens (including phenoxy) is 3. The van der Waals surface area contributed by atoms with Crippen LogP contribution in [0.25, 0.3) is 11.6 Å². The van der Waals surface area contributed by atoms with Crippen LogP contribution in [0.3, 0.4) is 0 Å². The number of methoxy groups -OCH3 is 2. The number of carboxylic acid groups (broad SMARTS) is 1. The van der Waals surface area contributed by atoms with Crippen LogP contribution in [0.2, 0.25) is 0 Å². The lowest BCUT2D eigenvalue weighted by Crippen LogP contribution is -2.22. The molecule has 0 aromatic heterocycles. The van der Waals surface area contributed by atoms with Crippen molar-refractivity contribution in [2.24, 2.45) is 0 Å². The molecule has 9 heteroatoms. The highest BCUT2D eigenvalue weighted by Gasteiger charge is 2.26. The largest absolute Gasteiger partial charge is 0.493 e. The molecule has 1 aliphatic heterocycles. The van der Waals surface area contributed by atoms with Gasteiger partial charge in [0.15, 0.2) is 11.5 Å². The Kier molecular flexibility index (Phi) is 7.33. The molecule has 0 saturated carbocycles. The zero-order chi connectivity index (χ0) is 23.1. The average Bonchev–Trinajstić information content (AvgIpc) is 3.07. The summed E-state index contributed by atoms with van der Waals surface area (Å²) in [7, 11) is 3.06. The van der Waals surface area contributed by atoms with E-state index in [2.05, 4.69) is 10.6 Å². The highest BCUT2D eigenvalue weighted by Crippen LogP contribution is 2.41. The first-order valence-electron chi connectivity index (χ1n) is 9.98. The summed E-state index contributed by atoms with van der Waals surface area (Å²) in [5, 5.41) is 13.6. The number of carbonyl (C=O) groups excluding carboxylic acids is 2. The van der Waals surface area contributed by atoms with E-state index < -0.39 is 12.1 Å². The second kappa shape index (κ2) is 10.3. The van der Waals surface area contributed by atoms with Gasteiger partial charge in [-0.2, -0.15) is 0 Å². The number of benzene rings is 2. The van der Waals surface area contributed by atoms with Crippen molar-refractivity contribution in [3.8, 4) is 17.2 Å².